The smallest absolute Gasteiger partial charge is 0.277 e. The summed E-state index contributed by atoms with van der Waals surface area (Å²) in [5, 5.41) is 20.8. The molecule has 0 aliphatic carbocycles. The molecule has 0 bridgehead atoms. The van der Waals surface area contributed by atoms with Crippen molar-refractivity contribution in [2.45, 2.75) is 19.1 Å². The Morgan fingerprint density at radius 3 is 2.61 bits per heavy atom. The van der Waals surface area contributed by atoms with Crippen molar-refractivity contribution in [2.24, 2.45) is 0 Å². The highest BCUT2D eigenvalue weighted by Gasteiger charge is 2.21. The molecule has 0 saturated heterocycles. The van der Waals surface area contributed by atoms with Gasteiger partial charge in [-0.15, -0.1) is 10.2 Å². The maximum absolute atomic E-state index is 12.7. The molecule has 9 heteroatoms. The molecule has 0 saturated carbocycles. The Balaban J connectivity index is 1.51. The third kappa shape index (κ3) is 4.20. The molecule has 0 aliphatic rings. The molecular weight excluding hydrogens is 412 g/mol. The average molecular weight is 430 g/mol. The van der Waals surface area contributed by atoms with E-state index in [1.54, 1.807) is 24.5 Å². The summed E-state index contributed by atoms with van der Waals surface area (Å²) in [6.45, 7) is 3.80. The normalized spacial score (nSPS) is 10.6. The largest absolute Gasteiger partial charge is 0.411 e. The molecule has 154 valence electrons. The molecule has 0 radical (unpaired) electrons. The van der Waals surface area contributed by atoms with E-state index < -0.39 is 0 Å². The number of nitrogens with one attached hydrogen (secondary N) is 1. The zero-order valence-corrected chi connectivity index (χ0v) is 17.7. The van der Waals surface area contributed by atoms with Gasteiger partial charge in [-0.3, -0.25) is 14.3 Å². The van der Waals surface area contributed by atoms with Crippen LogP contribution in [0.15, 0.2) is 64.5 Å². The van der Waals surface area contributed by atoms with Crippen LogP contribution in [0.2, 0.25) is 0 Å². The monoisotopic (exact) mass is 430 g/mol. The number of thioether (sulfide) groups is 1. The third-order valence-corrected chi connectivity index (χ3v) is 5.58. The van der Waals surface area contributed by atoms with Crippen molar-refractivity contribution in [2.75, 3.05) is 11.1 Å². The molecule has 0 spiro atoms. The van der Waals surface area contributed by atoms with Crippen molar-refractivity contribution >= 4 is 23.5 Å². The number of pyridine rings is 1. The van der Waals surface area contributed by atoms with Gasteiger partial charge in [0.2, 0.25) is 11.8 Å². The molecule has 0 unspecified atom stereocenters. The minimum atomic E-state index is -0.278. The van der Waals surface area contributed by atoms with Crippen molar-refractivity contribution in [3.05, 3.63) is 71.7 Å². The highest BCUT2D eigenvalue weighted by Crippen LogP contribution is 2.30. The molecule has 4 rings (SSSR count). The zero-order valence-electron chi connectivity index (χ0n) is 16.9. The van der Waals surface area contributed by atoms with Gasteiger partial charge in [-0.05, 0) is 43.7 Å². The van der Waals surface area contributed by atoms with Gasteiger partial charge in [0.1, 0.15) is 11.9 Å². The number of aromatic nitrogens is 4. The number of hydrogen-bond donors (Lipinski definition) is 1. The highest BCUT2D eigenvalue weighted by molar-refractivity contribution is 7.99. The number of nitrogens with zero attached hydrogens (tertiary/aromatic N) is 5. The van der Waals surface area contributed by atoms with E-state index in [9.17, 15) is 10.1 Å². The summed E-state index contributed by atoms with van der Waals surface area (Å²) in [5.74, 6) is 0.597. The van der Waals surface area contributed by atoms with Crippen molar-refractivity contribution in [3.63, 3.8) is 0 Å². The van der Waals surface area contributed by atoms with Crippen LogP contribution < -0.4 is 5.32 Å². The van der Waals surface area contributed by atoms with E-state index in [1.807, 2.05) is 48.7 Å². The van der Waals surface area contributed by atoms with Gasteiger partial charge in [0, 0.05) is 29.3 Å². The van der Waals surface area contributed by atoms with Crippen LogP contribution >= 0.6 is 11.8 Å². The number of anilines is 1. The van der Waals surface area contributed by atoms with Gasteiger partial charge in [-0.2, -0.15) is 5.26 Å². The fourth-order valence-electron chi connectivity index (χ4n) is 3.14. The first-order valence-corrected chi connectivity index (χ1v) is 10.4. The molecule has 8 nitrogen and oxygen atoms in total. The lowest BCUT2D eigenvalue weighted by Gasteiger charge is -2.12. The van der Waals surface area contributed by atoms with Crippen LogP contribution in [0.5, 0.6) is 0 Å². The molecule has 0 atom stereocenters. The third-order valence-electron chi connectivity index (χ3n) is 4.76. The quantitative estimate of drug-likeness (QED) is 0.458. The van der Waals surface area contributed by atoms with Gasteiger partial charge in [-0.25, -0.2) is 0 Å². The van der Waals surface area contributed by atoms with Crippen LogP contribution in [0.4, 0.5) is 5.82 Å². The number of benzene rings is 1. The molecule has 1 aromatic carbocycles. The van der Waals surface area contributed by atoms with Crippen LogP contribution in [0, 0.1) is 25.2 Å². The molecule has 1 N–H and O–H groups in total. The fourth-order valence-corrected chi connectivity index (χ4v) is 3.70. The summed E-state index contributed by atoms with van der Waals surface area (Å²) in [7, 11) is 0. The van der Waals surface area contributed by atoms with E-state index in [1.165, 1.54) is 0 Å². The van der Waals surface area contributed by atoms with Crippen molar-refractivity contribution in [3.8, 4) is 23.2 Å². The Morgan fingerprint density at radius 2 is 1.90 bits per heavy atom. The molecule has 3 heterocycles. The van der Waals surface area contributed by atoms with Gasteiger partial charge in [0.25, 0.3) is 5.22 Å². The summed E-state index contributed by atoms with van der Waals surface area (Å²) in [5.41, 5.74) is 3.78. The molecule has 0 aliphatic heterocycles. The van der Waals surface area contributed by atoms with Gasteiger partial charge in [-0.1, -0.05) is 30.0 Å². The van der Waals surface area contributed by atoms with E-state index in [4.69, 9.17) is 4.42 Å². The second-order valence-electron chi connectivity index (χ2n) is 6.66. The van der Waals surface area contributed by atoms with Crippen LogP contribution in [0.3, 0.4) is 0 Å². The fraction of sp³-hybridized carbons (Fsp3) is 0.136. The van der Waals surface area contributed by atoms with Gasteiger partial charge < -0.3 is 9.73 Å². The molecular formula is C22H18N6O2S. The Bertz CT molecular complexity index is 1260. The Morgan fingerprint density at radius 1 is 1.16 bits per heavy atom. The lowest BCUT2D eigenvalue weighted by atomic mass is 10.2. The highest BCUT2D eigenvalue weighted by atomic mass is 32.2. The Labute approximate surface area is 182 Å². The number of para-hydroxylation sites is 1. The van der Waals surface area contributed by atoms with E-state index in [2.05, 4.69) is 26.6 Å². The number of carbonyl (C=O) groups is 1. The average Bonchev–Trinajstić information content (AvgIpc) is 3.36. The van der Waals surface area contributed by atoms with Crippen LogP contribution in [-0.4, -0.2) is 31.4 Å². The van der Waals surface area contributed by atoms with E-state index in [0.717, 1.165) is 34.3 Å². The SMILES string of the molecule is Cc1c(C#N)c(NC(=O)CSc2nnc(-c3ccncc3)o2)n(-c2ccccc2)c1C. The molecule has 3 aromatic heterocycles. The first kappa shape index (κ1) is 20.4. The van der Waals surface area contributed by atoms with Crippen LogP contribution in [0.25, 0.3) is 17.1 Å². The molecule has 31 heavy (non-hydrogen) atoms. The van der Waals surface area contributed by atoms with Crippen LogP contribution in [-0.2, 0) is 4.79 Å². The lowest BCUT2D eigenvalue weighted by Crippen LogP contribution is -2.17. The van der Waals surface area contributed by atoms with E-state index in [-0.39, 0.29) is 16.9 Å². The zero-order chi connectivity index (χ0) is 21.8. The first-order valence-electron chi connectivity index (χ1n) is 9.42. The van der Waals surface area contributed by atoms with Crippen molar-refractivity contribution in [1.29, 1.82) is 5.26 Å². The van der Waals surface area contributed by atoms with Crippen molar-refractivity contribution < 1.29 is 9.21 Å². The van der Waals surface area contributed by atoms with E-state index in [0.29, 0.717) is 17.3 Å². The topological polar surface area (TPSA) is 110 Å². The number of rotatable bonds is 6. The minimum absolute atomic E-state index is 0.0565. The summed E-state index contributed by atoms with van der Waals surface area (Å²) >= 11 is 1.13. The predicted molar refractivity (Wildman–Crippen MR) is 117 cm³/mol. The first-order chi connectivity index (χ1) is 15.1. The second-order valence-corrected chi connectivity index (χ2v) is 7.59. The van der Waals surface area contributed by atoms with Gasteiger partial charge in [0.05, 0.1) is 11.3 Å². The predicted octanol–water partition coefficient (Wildman–Crippen LogP) is 4.14. The molecule has 4 aromatic rings. The summed E-state index contributed by atoms with van der Waals surface area (Å²) < 4.78 is 7.49. The Hall–Kier alpha value is -3.90. The number of carbonyl (C=O) groups excluding carboxylic acids is 1. The summed E-state index contributed by atoms with van der Waals surface area (Å²) in [4.78, 5) is 16.6. The Kier molecular flexibility index (Phi) is 5.82. The maximum Gasteiger partial charge on any atom is 0.277 e. The van der Waals surface area contributed by atoms with Gasteiger partial charge in [0.15, 0.2) is 0 Å². The molecule has 0 fully saturated rings. The number of nitriles is 1. The van der Waals surface area contributed by atoms with Gasteiger partial charge >= 0.3 is 0 Å². The van der Waals surface area contributed by atoms with Crippen molar-refractivity contribution in [1.82, 2.24) is 19.7 Å². The number of hydrogen-bond acceptors (Lipinski definition) is 7. The van der Waals surface area contributed by atoms with E-state index >= 15 is 0 Å². The standard InChI is InChI=1S/C22H18N6O2S/c1-14-15(2)28(17-6-4-3-5-7-17)20(18(14)12-23)25-19(29)13-31-22-27-26-21(30-22)16-8-10-24-11-9-16/h3-11H,13H2,1-2H3,(H,25,29). The number of amides is 1. The maximum atomic E-state index is 12.7. The summed E-state index contributed by atoms with van der Waals surface area (Å²) in [6.07, 6.45) is 3.27. The summed E-state index contributed by atoms with van der Waals surface area (Å²) in [6, 6.07) is 15.3. The van der Waals surface area contributed by atoms with Crippen LogP contribution in [0.1, 0.15) is 16.8 Å². The molecule has 1 amide bonds. The second kappa shape index (κ2) is 8.85. The lowest BCUT2D eigenvalue weighted by molar-refractivity contribution is -0.113. The minimum Gasteiger partial charge on any atom is -0.411 e.